The Morgan fingerprint density at radius 1 is 0.314 bits per heavy atom. The Labute approximate surface area is 401 Å². The van der Waals surface area contributed by atoms with Crippen LogP contribution in [-0.4, -0.2) is 9.13 Å². The second-order valence-electron chi connectivity index (χ2n) is 17.6. The Morgan fingerprint density at radius 2 is 0.671 bits per heavy atom. The summed E-state index contributed by atoms with van der Waals surface area (Å²) in [6.07, 6.45) is 0. The topological polar surface area (TPSA) is 16.3 Å². The molecule has 4 nitrogen and oxygen atoms in total. The molecule has 0 fully saturated rings. The van der Waals surface area contributed by atoms with E-state index in [1.807, 2.05) is 135 Å². The maximum Gasteiger partial charge on any atom is 0.186 e. The van der Waals surface area contributed by atoms with Gasteiger partial charge in [0.25, 0.3) is 0 Å². The highest BCUT2D eigenvalue weighted by Crippen LogP contribution is 2.46. The van der Waals surface area contributed by atoms with Crippen molar-refractivity contribution in [3.05, 3.63) is 253 Å². The van der Waals surface area contributed by atoms with Crippen molar-refractivity contribution in [3.8, 4) is 22.5 Å². The predicted molar refractivity (Wildman–Crippen MR) is 279 cm³/mol. The molecule has 338 valence electrons. The van der Waals surface area contributed by atoms with Crippen LogP contribution in [0.2, 0.25) is 0 Å². The third kappa shape index (κ3) is 6.98. The predicted octanol–water partition coefficient (Wildman–Crippen LogP) is 17.7. The number of halogens is 4. The second kappa shape index (κ2) is 17.0. The molecule has 0 aliphatic rings. The van der Waals surface area contributed by atoms with Crippen LogP contribution < -0.4 is 9.80 Å². The van der Waals surface area contributed by atoms with Gasteiger partial charge in [-0.3, -0.25) is 0 Å². The lowest BCUT2D eigenvalue weighted by molar-refractivity contribution is 0.461. The molecule has 0 unspecified atom stereocenters. The molecule has 70 heavy (non-hydrogen) atoms. The van der Waals surface area contributed by atoms with Crippen LogP contribution in [0.3, 0.4) is 0 Å². The van der Waals surface area contributed by atoms with Crippen LogP contribution in [-0.2, 0) is 0 Å². The number of fused-ring (bicyclic) bond motifs is 6. The van der Waals surface area contributed by atoms with Gasteiger partial charge in [-0.1, -0.05) is 120 Å². The van der Waals surface area contributed by atoms with E-state index >= 15 is 17.6 Å². The minimum atomic E-state index is -1.52. The average molecular weight is 919 g/mol. The molecule has 0 saturated carbocycles. The highest BCUT2D eigenvalue weighted by atomic mass is 19.2. The zero-order valence-electron chi connectivity index (χ0n) is 38.1. The zero-order valence-corrected chi connectivity index (χ0v) is 38.1. The number of aryl methyl sites for hydroxylation is 2. The SMILES string of the molecule is Cc1ccc(N(c2ccc(-c3c(F)c(F)c(N(c4ccc(C)cc4)c4ccc5c(c4)c4ccccc4n5-c4ccccc4)c(F)c3F)cc2)c2ccc3c(c2)c2ccccc2n3-c2ccccc2)cc1. The number of hydrogen-bond acceptors (Lipinski definition) is 2. The van der Waals surface area contributed by atoms with Gasteiger partial charge < -0.3 is 18.9 Å². The smallest absolute Gasteiger partial charge is 0.186 e. The number of benzene rings is 10. The summed E-state index contributed by atoms with van der Waals surface area (Å²) < 4.78 is 72.3. The van der Waals surface area contributed by atoms with Gasteiger partial charge in [0, 0.05) is 61.4 Å². The van der Waals surface area contributed by atoms with Crippen LogP contribution in [0.25, 0.3) is 66.1 Å². The molecule has 0 atom stereocenters. The average Bonchev–Trinajstić information content (AvgIpc) is 3.91. The van der Waals surface area contributed by atoms with E-state index in [1.54, 1.807) is 42.5 Å². The Bertz CT molecular complexity index is 3910. The Kier molecular flexibility index (Phi) is 10.3. The van der Waals surface area contributed by atoms with Crippen molar-refractivity contribution in [2.45, 2.75) is 13.8 Å². The number of anilines is 6. The summed E-state index contributed by atoms with van der Waals surface area (Å²) in [5.41, 5.74) is 9.18. The molecule has 8 heteroatoms. The van der Waals surface area contributed by atoms with Crippen molar-refractivity contribution in [1.29, 1.82) is 0 Å². The fourth-order valence-corrected chi connectivity index (χ4v) is 10.00. The molecule has 0 saturated heterocycles. The van der Waals surface area contributed by atoms with Crippen LogP contribution in [0.5, 0.6) is 0 Å². The quantitative estimate of drug-likeness (QED) is 0.106. The maximum absolute atomic E-state index is 17.1. The standard InChI is InChI=1S/C62H42F4N4/c1-39-21-27-44(28-22-39)67(47-33-35-55-51(37-47)49-17-9-11-19-53(49)69(55)42-13-5-3-6-14-42)45-31-25-41(26-32-45)57-58(63)60(65)62(61(66)59(57)64)68(46-29-23-40(2)24-30-46)48-34-36-56-52(38-48)50-18-10-12-20-54(50)70(56)43-15-7-4-8-16-43/h3-38H,1-2H3. The summed E-state index contributed by atoms with van der Waals surface area (Å²) in [6.45, 7) is 3.91. The zero-order chi connectivity index (χ0) is 47.6. The van der Waals surface area contributed by atoms with Gasteiger partial charge in [0.15, 0.2) is 23.3 Å². The second-order valence-corrected chi connectivity index (χ2v) is 17.6. The van der Waals surface area contributed by atoms with Gasteiger partial charge in [0.1, 0.15) is 5.69 Å². The van der Waals surface area contributed by atoms with Crippen LogP contribution in [0, 0.1) is 37.1 Å². The molecule has 0 aliphatic carbocycles. The van der Waals surface area contributed by atoms with E-state index in [0.717, 1.165) is 77.5 Å². The summed E-state index contributed by atoms with van der Waals surface area (Å²) in [4.78, 5) is 3.31. The number of aromatic nitrogens is 2. The molecular formula is C62H42F4N4. The fourth-order valence-electron chi connectivity index (χ4n) is 10.00. The van der Waals surface area contributed by atoms with Crippen LogP contribution >= 0.6 is 0 Å². The molecule has 2 aromatic heterocycles. The van der Waals surface area contributed by atoms with Crippen molar-refractivity contribution in [1.82, 2.24) is 9.13 Å². The van der Waals surface area contributed by atoms with E-state index in [0.29, 0.717) is 17.1 Å². The molecule has 0 N–H and O–H groups in total. The molecule has 0 aliphatic heterocycles. The minimum Gasteiger partial charge on any atom is -0.310 e. The van der Waals surface area contributed by atoms with Crippen LogP contribution in [0.1, 0.15) is 11.1 Å². The van der Waals surface area contributed by atoms with Gasteiger partial charge >= 0.3 is 0 Å². The molecule has 2 heterocycles. The molecule has 0 spiro atoms. The molecule has 0 amide bonds. The van der Waals surface area contributed by atoms with Gasteiger partial charge in [-0.15, -0.1) is 0 Å². The minimum absolute atomic E-state index is 0.0228. The van der Waals surface area contributed by atoms with Gasteiger partial charge in [-0.25, -0.2) is 17.6 Å². The molecule has 10 aromatic carbocycles. The van der Waals surface area contributed by atoms with Gasteiger partial charge in [0.2, 0.25) is 0 Å². The Hall–Kier alpha value is -8.88. The van der Waals surface area contributed by atoms with Crippen molar-refractivity contribution in [3.63, 3.8) is 0 Å². The Morgan fingerprint density at radius 3 is 1.13 bits per heavy atom. The summed E-state index contributed by atoms with van der Waals surface area (Å²) >= 11 is 0. The lowest BCUT2D eigenvalue weighted by atomic mass is 10.0. The molecule has 12 aromatic rings. The van der Waals surface area contributed by atoms with Crippen LogP contribution in [0.15, 0.2) is 218 Å². The highest BCUT2D eigenvalue weighted by Gasteiger charge is 2.32. The van der Waals surface area contributed by atoms with Gasteiger partial charge in [-0.05, 0) is 129 Å². The van der Waals surface area contributed by atoms with Crippen molar-refractivity contribution in [2.24, 2.45) is 0 Å². The largest absolute Gasteiger partial charge is 0.310 e. The van der Waals surface area contributed by atoms with Gasteiger partial charge in [-0.2, -0.15) is 0 Å². The third-order valence-corrected chi connectivity index (χ3v) is 13.3. The third-order valence-electron chi connectivity index (χ3n) is 13.3. The number of hydrogen-bond donors (Lipinski definition) is 0. The van der Waals surface area contributed by atoms with E-state index in [9.17, 15) is 0 Å². The van der Waals surface area contributed by atoms with E-state index in [4.69, 9.17) is 0 Å². The van der Waals surface area contributed by atoms with Crippen molar-refractivity contribution in [2.75, 3.05) is 9.80 Å². The first-order chi connectivity index (χ1) is 34.2. The number of nitrogens with zero attached hydrogens (tertiary/aromatic N) is 4. The van der Waals surface area contributed by atoms with Gasteiger partial charge in [0.05, 0.1) is 27.6 Å². The highest BCUT2D eigenvalue weighted by molar-refractivity contribution is 6.12. The molecule has 0 radical (unpaired) electrons. The summed E-state index contributed by atoms with van der Waals surface area (Å²) in [5.74, 6) is -6.04. The Balaban J connectivity index is 0.970. The van der Waals surface area contributed by atoms with E-state index in [2.05, 4.69) is 56.5 Å². The lowest BCUT2D eigenvalue weighted by Gasteiger charge is -2.28. The first kappa shape index (κ1) is 42.5. The summed E-state index contributed by atoms with van der Waals surface area (Å²) in [6, 6.07) is 69.5. The number of para-hydroxylation sites is 4. The molecule has 12 rings (SSSR count). The lowest BCUT2D eigenvalue weighted by Crippen LogP contribution is -2.16. The monoisotopic (exact) mass is 918 g/mol. The maximum atomic E-state index is 17.1. The fraction of sp³-hybridized carbons (Fsp3) is 0.0323. The normalized spacial score (nSPS) is 11.6. The van der Waals surface area contributed by atoms with Crippen molar-refractivity contribution >= 4 is 77.7 Å². The first-order valence-electron chi connectivity index (χ1n) is 23.1. The summed E-state index contributed by atoms with van der Waals surface area (Å²) in [5, 5.41) is 3.82. The van der Waals surface area contributed by atoms with E-state index < -0.39 is 34.5 Å². The first-order valence-corrected chi connectivity index (χ1v) is 23.1. The molecule has 0 bridgehead atoms. The van der Waals surface area contributed by atoms with E-state index in [-0.39, 0.29) is 5.56 Å². The summed E-state index contributed by atoms with van der Waals surface area (Å²) in [7, 11) is 0. The van der Waals surface area contributed by atoms with Crippen molar-refractivity contribution < 1.29 is 17.6 Å². The molecular weight excluding hydrogens is 877 g/mol. The van der Waals surface area contributed by atoms with Crippen LogP contribution in [0.4, 0.5) is 51.7 Å². The van der Waals surface area contributed by atoms with E-state index in [1.165, 1.54) is 17.0 Å². The number of rotatable bonds is 9.